The van der Waals surface area contributed by atoms with E-state index >= 15 is 0 Å². The molecule has 2 N–H and O–H groups in total. The van der Waals surface area contributed by atoms with Crippen LogP contribution in [0.3, 0.4) is 0 Å². The number of carbonyl (C=O) groups excluding carboxylic acids is 1. The second-order valence-electron chi connectivity index (χ2n) is 4.15. The maximum atomic E-state index is 10.4. The molecule has 0 spiro atoms. The van der Waals surface area contributed by atoms with Gasteiger partial charge in [0.25, 0.3) is 0 Å². The van der Waals surface area contributed by atoms with E-state index in [9.17, 15) is 4.79 Å². The quantitative estimate of drug-likeness (QED) is 0.692. The fraction of sp³-hybridized carbons (Fsp3) is 0.917. The molecule has 2 aliphatic carbocycles. The van der Waals surface area contributed by atoms with Gasteiger partial charge in [-0.25, -0.2) is 0 Å². The lowest BCUT2D eigenvalue weighted by Crippen LogP contribution is -2.19. The summed E-state index contributed by atoms with van der Waals surface area (Å²) >= 11 is 0. The van der Waals surface area contributed by atoms with Crippen molar-refractivity contribution >= 4 is 5.91 Å². The number of primary amides is 1. The molecule has 0 atom stereocenters. The third-order valence-electron chi connectivity index (χ3n) is 3.01. The summed E-state index contributed by atoms with van der Waals surface area (Å²) < 4.78 is 0. The molecule has 0 aromatic carbocycles. The van der Waals surface area contributed by atoms with Crippen LogP contribution in [0, 0.1) is 5.92 Å². The molecule has 0 heterocycles. The minimum absolute atomic E-state index is 0. The van der Waals surface area contributed by atoms with E-state index in [0.717, 1.165) is 12.8 Å². The molecular formula is C12H25NO. The maximum Gasteiger partial charge on any atom is 0.220 e. The number of amides is 1. The Hall–Kier alpha value is -0.530. The number of hydrogen-bond acceptors (Lipinski definition) is 1. The monoisotopic (exact) mass is 199 g/mol. The van der Waals surface area contributed by atoms with Gasteiger partial charge in [-0.1, -0.05) is 52.4 Å². The molecule has 0 saturated heterocycles. The Bertz CT molecular complexity index is 139. The van der Waals surface area contributed by atoms with E-state index in [1.54, 1.807) is 0 Å². The van der Waals surface area contributed by atoms with Crippen molar-refractivity contribution in [3.05, 3.63) is 0 Å². The average Bonchev–Trinajstić information content (AvgIpc) is 2.82. The van der Waals surface area contributed by atoms with Crippen molar-refractivity contribution in [3.8, 4) is 0 Å². The van der Waals surface area contributed by atoms with Gasteiger partial charge in [0.15, 0.2) is 0 Å². The largest absolute Gasteiger partial charge is 0.369 e. The topological polar surface area (TPSA) is 43.1 Å². The van der Waals surface area contributed by atoms with Gasteiger partial charge in [0.2, 0.25) is 5.91 Å². The van der Waals surface area contributed by atoms with Crippen LogP contribution in [0.5, 0.6) is 0 Å². The zero-order valence-electron chi connectivity index (χ0n) is 8.43. The Morgan fingerprint density at radius 2 is 1.21 bits per heavy atom. The molecule has 2 heteroatoms. The van der Waals surface area contributed by atoms with Crippen LogP contribution >= 0.6 is 0 Å². The first-order chi connectivity index (χ1) is 6.30. The number of rotatable bonds is 1. The highest BCUT2D eigenvalue weighted by Gasteiger charge is 2.19. The van der Waals surface area contributed by atoms with Crippen molar-refractivity contribution in [2.45, 2.75) is 65.2 Å². The van der Waals surface area contributed by atoms with Gasteiger partial charge in [0.1, 0.15) is 0 Å². The van der Waals surface area contributed by atoms with Gasteiger partial charge in [-0.05, 0) is 12.8 Å². The van der Waals surface area contributed by atoms with Crippen LogP contribution in [-0.2, 0) is 4.79 Å². The van der Waals surface area contributed by atoms with Crippen LogP contribution in [0.4, 0.5) is 0 Å². The summed E-state index contributed by atoms with van der Waals surface area (Å²) in [6.45, 7) is 0. The minimum atomic E-state index is -0.109. The van der Waals surface area contributed by atoms with Crippen LogP contribution in [0.1, 0.15) is 65.2 Å². The Kier molecular flexibility index (Phi) is 7.54. The standard InChI is InChI=1S/C6H11NO.C5H10.CH4/c7-6(8)5-3-1-2-4-5;1-2-4-5-3-1;/h5H,1-4H2,(H2,7,8);1-5H2;1H4. The molecule has 2 fully saturated rings. The van der Waals surface area contributed by atoms with Gasteiger partial charge in [0.05, 0.1) is 0 Å². The Morgan fingerprint density at radius 3 is 1.43 bits per heavy atom. The van der Waals surface area contributed by atoms with Crippen LogP contribution in [0.2, 0.25) is 0 Å². The van der Waals surface area contributed by atoms with E-state index in [-0.39, 0.29) is 19.3 Å². The maximum absolute atomic E-state index is 10.4. The fourth-order valence-electron chi connectivity index (χ4n) is 2.09. The Labute approximate surface area is 88.3 Å². The smallest absolute Gasteiger partial charge is 0.220 e. The first kappa shape index (κ1) is 13.5. The molecule has 0 aromatic rings. The minimum Gasteiger partial charge on any atom is -0.369 e. The van der Waals surface area contributed by atoms with Crippen molar-refractivity contribution in [3.63, 3.8) is 0 Å². The van der Waals surface area contributed by atoms with Crippen LogP contribution in [-0.4, -0.2) is 5.91 Å². The summed E-state index contributed by atoms with van der Waals surface area (Å²) in [4.78, 5) is 10.4. The van der Waals surface area contributed by atoms with E-state index < -0.39 is 0 Å². The molecule has 14 heavy (non-hydrogen) atoms. The van der Waals surface area contributed by atoms with Gasteiger partial charge in [-0.3, -0.25) is 4.79 Å². The van der Waals surface area contributed by atoms with E-state index in [4.69, 9.17) is 5.73 Å². The average molecular weight is 199 g/mol. The van der Waals surface area contributed by atoms with Crippen molar-refractivity contribution in [2.24, 2.45) is 11.7 Å². The molecule has 0 aromatic heterocycles. The summed E-state index contributed by atoms with van der Waals surface area (Å²) in [5.74, 6) is 0.0949. The van der Waals surface area contributed by atoms with E-state index in [0.29, 0.717) is 0 Å². The fourth-order valence-corrected chi connectivity index (χ4v) is 2.09. The highest BCUT2D eigenvalue weighted by atomic mass is 16.1. The van der Waals surface area contributed by atoms with Crippen molar-refractivity contribution in [1.29, 1.82) is 0 Å². The van der Waals surface area contributed by atoms with Crippen LogP contribution in [0.15, 0.2) is 0 Å². The molecule has 2 rings (SSSR count). The van der Waals surface area contributed by atoms with Gasteiger partial charge in [0, 0.05) is 5.92 Å². The van der Waals surface area contributed by atoms with Crippen molar-refractivity contribution < 1.29 is 4.79 Å². The predicted octanol–water partition coefficient (Wildman–Crippen LogP) is 3.25. The number of hydrogen-bond donors (Lipinski definition) is 1. The molecule has 2 aliphatic rings. The third-order valence-corrected chi connectivity index (χ3v) is 3.01. The predicted molar refractivity (Wildman–Crippen MR) is 61.0 cm³/mol. The molecule has 0 unspecified atom stereocenters. The van der Waals surface area contributed by atoms with Gasteiger partial charge in [-0.15, -0.1) is 0 Å². The second kappa shape index (κ2) is 7.84. The molecule has 84 valence electrons. The summed E-state index contributed by atoms with van der Waals surface area (Å²) in [7, 11) is 0. The van der Waals surface area contributed by atoms with Gasteiger partial charge < -0.3 is 5.73 Å². The molecule has 1 amide bonds. The van der Waals surface area contributed by atoms with Crippen LogP contribution < -0.4 is 5.73 Å². The number of nitrogens with two attached hydrogens (primary N) is 1. The second-order valence-corrected chi connectivity index (χ2v) is 4.15. The van der Waals surface area contributed by atoms with Crippen LogP contribution in [0.25, 0.3) is 0 Å². The summed E-state index contributed by atoms with van der Waals surface area (Å²) in [5, 5.41) is 0. The van der Waals surface area contributed by atoms with E-state index in [2.05, 4.69) is 0 Å². The normalized spacial score (nSPS) is 20.9. The number of carbonyl (C=O) groups is 1. The summed E-state index contributed by atoms with van der Waals surface area (Å²) in [5.41, 5.74) is 5.06. The van der Waals surface area contributed by atoms with Gasteiger partial charge >= 0.3 is 0 Å². The Morgan fingerprint density at radius 1 is 0.857 bits per heavy atom. The highest BCUT2D eigenvalue weighted by Crippen LogP contribution is 2.23. The SMILES string of the molecule is C.C1CCCC1.NC(=O)C1CCCC1. The van der Waals surface area contributed by atoms with E-state index in [1.807, 2.05) is 0 Å². The summed E-state index contributed by atoms with van der Waals surface area (Å²) in [6.07, 6.45) is 11.9. The van der Waals surface area contributed by atoms with Crippen molar-refractivity contribution in [1.82, 2.24) is 0 Å². The molecule has 0 bridgehead atoms. The summed E-state index contributed by atoms with van der Waals surface area (Å²) in [6, 6.07) is 0. The van der Waals surface area contributed by atoms with Gasteiger partial charge in [-0.2, -0.15) is 0 Å². The zero-order chi connectivity index (χ0) is 9.52. The first-order valence-corrected chi connectivity index (χ1v) is 5.60. The molecule has 2 nitrogen and oxygen atoms in total. The Balaban J connectivity index is 0.000000246. The molecular weight excluding hydrogens is 174 g/mol. The third kappa shape index (κ3) is 5.25. The first-order valence-electron chi connectivity index (χ1n) is 5.60. The highest BCUT2D eigenvalue weighted by molar-refractivity contribution is 5.76. The lowest BCUT2D eigenvalue weighted by Gasteiger charge is -1.98. The van der Waals surface area contributed by atoms with Crippen molar-refractivity contribution in [2.75, 3.05) is 0 Å². The molecule has 2 saturated carbocycles. The lowest BCUT2D eigenvalue weighted by atomic mass is 10.1. The molecule has 0 radical (unpaired) electrons. The zero-order valence-corrected chi connectivity index (χ0v) is 8.43. The van der Waals surface area contributed by atoms with E-state index in [1.165, 1.54) is 44.9 Å². The molecule has 0 aliphatic heterocycles. The lowest BCUT2D eigenvalue weighted by molar-refractivity contribution is -0.121.